The Morgan fingerprint density at radius 3 is 2.24 bits per heavy atom. The number of aromatic nitrogens is 2. The third kappa shape index (κ3) is 4.23. The number of aryl methyl sites for hydroxylation is 1. The van der Waals surface area contributed by atoms with Crippen molar-refractivity contribution in [3.8, 4) is 11.6 Å². The maximum absolute atomic E-state index is 13.1. The molecule has 150 valence electrons. The molecular weight excluding hydrogens is 369 g/mol. The van der Waals surface area contributed by atoms with Crippen LogP contribution in [0.3, 0.4) is 0 Å². The number of hydrogen-bond acceptors (Lipinski definition) is 6. The van der Waals surface area contributed by atoms with E-state index in [1.807, 2.05) is 24.3 Å². The molecule has 0 aliphatic carbocycles. The molecule has 0 unspecified atom stereocenters. The lowest BCUT2D eigenvalue weighted by molar-refractivity contribution is 0.463. The molecule has 2 aromatic carbocycles. The van der Waals surface area contributed by atoms with Crippen LogP contribution in [0, 0.1) is 5.82 Å². The van der Waals surface area contributed by atoms with E-state index in [0.717, 1.165) is 38.3 Å². The van der Waals surface area contributed by atoms with E-state index < -0.39 is 0 Å². The van der Waals surface area contributed by atoms with E-state index in [2.05, 4.69) is 26.7 Å². The lowest BCUT2D eigenvalue weighted by Gasteiger charge is -2.37. The van der Waals surface area contributed by atoms with Gasteiger partial charge in [-0.15, -0.1) is 0 Å². The molecule has 7 heteroatoms. The molecule has 0 spiro atoms. The smallest absolute Gasteiger partial charge is 0.248 e. The van der Waals surface area contributed by atoms with Gasteiger partial charge in [-0.2, -0.15) is 4.98 Å². The molecule has 0 saturated carbocycles. The Labute approximate surface area is 169 Å². The maximum Gasteiger partial charge on any atom is 0.248 e. The number of nitrogens with two attached hydrogens (primary N) is 1. The predicted octanol–water partition coefficient (Wildman–Crippen LogP) is 3.88. The average molecular weight is 393 g/mol. The Hall–Kier alpha value is -3.35. The molecule has 6 nitrogen and oxygen atoms in total. The van der Waals surface area contributed by atoms with Crippen molar-refractivity contribution < 1.29 is 9.13 Å². The van der Waals surface area contributed by atoms with Crippen LogP contribution in [0.5, 0.6) is 11.6 Å². The second kappa shape index (κ2) is 8.34. The molecular formula is C22H24FN5O. The van der Waals surface area contributed by atoms with Crippen molar-refractivity contribution in [3.05, 3.63) is 66.2 Å². The highest BCUT2D eigenvalue weighted by Crippen LogP contribution is 2.32. The highest BCUT2D eigenvalue weighted by atomic mass is 19.1. The Bertz CT molecular complexity index is 954. The number of nitrogens with zero attached hydrogens (tertiary/aromatic N) is 4. The molecule has 2 N–H and O–H groups in total. The number of piperazine rings is 1. The predicted molar refractivity (Wildman–Crippen MR) is 113 cm³/mol. The molecule has 4 rings (SSSR count). The van der Waals surface area contributed by atoms with Crippen LogP contribution in [0.2, 0.25) is 0 Å². The van der Waals surface area contributed by atoms with Gasteiger partial charge in [0.25, 0.3) is 0 Å². The standard InChI is InChI=1S/C22H24FN5O/c1-2-16-3-9-19(10-4-16)29-22-20(24)21(25-15-26-22)28-13-11-27(12-14-28)18-7-5-17(23)6-8-18/h3-10,15H,2,11-14,24H2,1H3. The van der Waals surface area contributed by atoms with Crippen molar-refractivity contribution in [1.82, 2.24) is 9.97 Å². The summed E-state index contributed by atoms with van der Waals surface area (Å²) >= 11 is 0. The van der Waals surface area contributed by atoms with Gasteiger partial charge in [-0.25, -0.2) is 9.37 Å². The fourth-order valence-electron chi connectivity index (χ4n) is 3.44. The molecule has 0 radical (unpaired) electrons. The Morgan fingerprint density at radius 1 is 0.931 bits per heavy atom. The molecule has 1 saturated heterocycles. The van der Waals surface area contributed by atoms with Crippen LogP contribution in [0.15, 0.2) is 54.9 Å². The van der Waals surface area contributed by atoms with E-state index >= 15 is 0 Å². The Kier molecular flexibility index (Phi) is 5.46. The highest BCUT2D eigenvalue weighted by molar-refractivity contribution is 5.68. The SMILES string of the molecule is CCc1ccc(Oc2ncnc(N3CCN(c4ccc(F)cc4)CC3)c2N)cc1. The number of benzene rings is 2. The second-order valence-corrected chi connectivity index (χ2v) is 6.97. The van der Waals surface area contributed by atoms with Crippen LogP contribution in [-0.4, -0.2) is 36.1 Å². The lowest BCUT2D eigenvalue weighted by atomic mass is 10.2. The van der Waals surface area contributed by atoms with Gasteiger partial charge < -0.3 is 20.3 Å². The van der Waals surface area contributed by atoms with Gasteiger partial charge in [0, 0.05) is 31.9 Å². The quantitative estimate of drug-likeness (QED) is 0.710. The van der Waals surface area contributed by atoms with Crippen molar-refractivity contribution >= 4 is 17.2 Å². The van der Waals surface area contributed by atoms with Crippen LogP contribution in [0.1, 0.15) is 12.5 Å². The van der Waals surface area contributed by atoms with Crippen molar-refractivity contribution in [2.24, 2.45) is 0 Å². The molecule has 29 heavy (non-hydrogen) atoms. The first-order valence-corrected chi connectivity index (χ1v) is 9.77. The Balaban J connectivity index is 1.45. The van der Waals surface area contributed by atoms with E-state index in [0.29, 0.717) is 23.1 Å². The van der Waals surface area contributed by atoms with E-state index in [-0.39, 0.29) is 5.82 Å². The van der Waals surface area contributed by atoms with Gasteiger partial charge in [0.15, 0.2) is 5.82 Å². The maximum atomic E-state index is 13.1. The minimum absolute atomic E-state index is 0.224. The van der Waals surface area contributed by atoms with Gasteiger partial charge >= 0.3 is 0 Å². The zero-order chi connectivity index (χ0) is 20.2. The van der Waals surface area contributed by atoms with Crippen molar-refractivity contribution in [2.75, 3.05) is 41.7 Å². The number of rotatable bonds is 5. The monoisotopic (exact) mass is 393 g/mol. The van der Waals surface area contributed by atoms with Crippen LogP contribution in [0.25, 0.3) is 0 Å². The van der Waals surface area contributed by atoms with Crippen LogP contribution < -0.4 is 20.3 Å². The number of halogens is 1. The summed E-state index contributed by atoms with van der Waals surface area (Å²) < 4.78 is 19.0. The summed E-state index contributed by atoms with van der Waals surface area (Å²) in [6.07, 6.45) is 2.46. The molecule has 0 atom stereocenters. The zero-order valence-electron chi connectivity index (χ0n) is 16.4. The topological polar surface area (TPSA) is 67.5 Å². The molecule has 2 heterocycles. The van der Waals surface area contributed by atoms with Gasteiger partial charge in [0.1, 0.15) is 23.6 Å². The van der Waals surface area contributed by atoms with E-state index in [1.54, 1.807) is 12.1 Å². The summed E-state index contributed by atoms with van der Waals surface area (Å²) in [5.41, 5.74) is 9.02. The number of anilines is 3. The minimum Gasteiger partial charge on any atom is -0.437 e. The average Bonchev–Trinajstić information content (AvgIpc) is 2.76. The highest BCUT2D eigenvalue weighted by Gasteiger charge is 2.22. The fourth-order valence-corrected chi connectivity index (χ4v) is 3.44. The van der Waals surface area contributed by atoms with E-state index in [9.17, 15) is 4.39 Å². The van der Waals surface area contributed by atoms with Gasteiger partial charge in [-0.3, -0.25) is 0 Å². The number of ether oxygens (including phenoxy) is 1. The summed E-state index contributed by atoms with van der Waals surface area (Å²) in [6.45, 7) is 5.21. The molecule has 1 aliphatic heterocycles. The number of nitrogen functional groups attached to an aromatic ring is 1. The Morgan fingerprint density at radius 2 is 1.59 bits per heavy atom. The summed E-state index contributed by atoms with van der Waals surface area (Å²) in [4.78, 5) is 12.9. The lowest BCUT2D eigenvalue weighted by Crippen LogP contribution is -2.47. The van der Waals surface area contributed by atoms with Crippen LogP contribution >= 0.6 is 0 Å². The summed E-state index contributed by atoms with van der Waals surface area (Å²) in [7, 11) is 0. The molecule has 0 amide bonds. The first-order chi connectivity index (χ1) is 14.1. The minimum atomic E-state index is -0.224. The molecule has 1 aliphatic rings. The molecule has 1 aromatic heterocycles. The number of hydrogen-bond donors (Lipinski definition) is 1. The zero-order valence-corrected chi connectivity index (χ0v) is 16.4. The van der Waals surface area contributed by atoms with Crippen LogP contribution in [-0.2, 0) is 6.42 Å². The van der Waals surface area contributed by atoms with Gasteiger partial charge in [-0.05, 0) is 48.4 Å². The summed E-state index contributed by atoms with van der Waals surface area (Å²) in [5, 5.41) is 0. The molecule has 0 bridgehead atoms. The third-order valence-corrected chi connectivity index (χ3v) is 5.14. The first-order valence-electron chi connectivity index (χ1n) is 9.77. The van der Waals surface area contributed by atoms with Crippen molar-refractivity contribution in [2.45, 2.75) is 13.3 Å². The van der Waals surface area contributed by atoms with Gasteiger partial charge in [-0.1, -0.05) is 19.1 Å². The molecule has 1 fully saturated rings. The van der Waals surface area contributed by atoms with E-state index in [1.165, 1.54) is 24.0 Å². The van der Waals surface area contributed by atoms with Crippen molar-refractivity contribution in [3.63, 3.8) is 0 Å². The summed E-state index contributed by atoms with van der Waals surface area (Å²) in [5.74, 6) is 1.51. The largest absolute Gasteiger partial charge is 0.437 e. The second-order valence-electron chi connectivity index (χ2n) is 6.97. The first kappa shape index (κ1) is 19.0. The van der Waals surface area contributed by atoms with Crippen LogP contribution in [0.4, 0.5) is 21.6 Å². The van der Waals surface area contributed by atoms with E-state index in [4.69, 9.17) is 10.5 Å². The third-order valence-electron chi connectivity index (χ3n) is 5.14. The molecule has 3 aromatic rings. The fraction of sp³-hybridized carbons (Fsp3) is 0.273. The van der Waals surface area contributed by atoms with Gasteiger partial charge in [0.2, 0.25) is 5.88 Å². The van der Waals surface area contributed by atoms with Gasteiger partial charge in [0.05, 0.1) is 0 Å². The normalized spacial score (nSPS) is 14.1. The van der Waals surface area contributed by atoms with Crippen molar-refractivity contribution in [1.29, 1.82) is 0 Å². The summed E-state index contributed by atoms with van der Waals surface area (Å²) in [6, 6.07) is 14.5.